The molecule has 0 aliphatic carbocycles. The third-order valence-electron chi connectivity index (χ3n) is 5.48. The molecule has 1 atom stereocenters. The number of carbonyl (C=O) groups is 2. The fraction of sp³-hybridized carbons (Fsp3) is 0.619. The number of anilines is 2. The second-order valence-electron chi connectivity index (χ2n) is 7.73. The molecule has 0 bridgehead atoms. The number of likely N-dealkylation sites (tertiary alicyclic amines) is 1. The predicted molar refractivity (Wildman–Crippen MR) is 109 cm³/mol. The fourth-order valence-corrected chi connectivity index (χ4v) is 3.86. The Hall–Kier alpha value is -1.92. The van der Waals surface area contributed by atoms with Crippen molar-refractivity contribution in [3.63, 3.8) is 0 Å². The lowest BCUT2D eigenvalue weighted by atomic mass is 10.0. The van der Waals surface area contributed by atoms with Gasteiger partial charge >= 0.3 is 0 Å². The smallest absolute Gasteiger partial charge is 0.225 e. The second kappa shape index (κ2) is 10.4. The van der Waals surface area contributed by atoms with Crippen LogP contribution in [-0.4, -0.2) is 49.4 Å². The highest BCUT2D eigenvalue weighted by Gasteiger charge is 2.16. The first-order valence-corrected chi connectivity index (χ1v) is 10.3. The first-order valence-electron chi connectivity index (χ1n) is 10.3. The van der Waals surface area contributed by atoms with E-state index in [0.717, 1.165) is 56.9 Å². The van der Waals surface area contributed by atoms with Crippen molar-refractivity contribution in [1.82, 2.24) is 10.2 Å². The van der Waals surface area contributed by atoms with E-state index in [2.05, 4.69) is 20.9 Å². The van der Waals surface area contributed by atoms with Crippen LogP contribution < -0.4 is 16.0 Å². The lowest BCUT2D eigenvalue weighted by molar-refractivity contribution is -0.117. The molecule has 148 valence electrons. The molecule has 2 saturated heterocycles. The number of nitrogens with one attached hydrogen (secondary N) is 3. The van der Waals surface area contributed by atoms with Crippen LogP contribution in [0.15, 0.2) is 24.3 Å². The van der Waals surface area contributed by atoms with E-state index >= 15 is 0 Å². The summed E-state index contributed by atoms with van der Waals surface area (Å²) in [5.74, 6) is 0.675. The zero-order chi connectivity index (χ0) is 18.9. The van der Waals surface area contributed by atoms with Gasteiger partial charge < -0.3 is 20.9 Å². The Morgan fingerprint density at radius 1 is 1.04 bits per heavy atom. The van der Waals surface area contributed by atoms with Gasteiger partial charge in [0.25, 0.3) is 0 Å². The summed E-state index contributed by atoms with van der Waals surface area (Å²) in [7, 11) is 0. The molecule has 2 fully saturated rings. The van der Waals surface area contributed by atoms with Gasteiger partial charge in [-0.3, -0.25) is 9.59 Å². The highest BCUT2D eigenvalue weighted by molar-refractivity contribution is 5.94. The van der Waals surface area contributed by atoms with Crippen molar-refractivity contribution in [3.05, 3.63) is 24.3 Å². The van der Waals surface area contributed by atoms with Gasteiger partial charge in [-0.2, -0.15) is 0 Å². The van der Waals surface area contributed by atoms with Crippen molar-refractivity contribution in [1.29, 1.82) is 0 Å². The standard InChI is InChI=1S/C21H32N4O2/c26-20(8-7-17-9-11-22-16-17)23-18-5-4-6-19(15-18)24-21(27)10-14-25-12-2-1-3-13-25/h4-6,15,17,22H,1-3,7-14,16H2,(H,23,26)(H,24,27). The number of nitrogens with zero attached hydrogens (tertiary/aromatic N) is 1. The number of carbonyl (C=O) groups excluding carboxylic acids is 2. The maximum Gasteiger partial charge on any atom is 0.225 e. The van der Waals surface area contributed by atoms with Crippen LogP contribution in [0.25, 0.3) is 0 Å². The van der Waals surface area contributed by atoms with Gasteiger partial charge in [0.2, 0.25) is 11.8 Å². The maximum atomic E-state index is 12.2. The van der Waals surface area contributed by atoms with E-state index in [1.165, 1.54) is 19.3 Å². The normalized spacial score (nSPS) is 20.4. The van der Waals surface area contributed by atoms with E-state index in [0.29, 0.717) is 18.8 Å². The minimum absolute atomic E-state index is 0.0257. The monoisotopic (exact) mass is 372 g/mol. The molecular formula is C21H32N4O2. The Morgan fingerprint density at radius 2 is 1.74 bits per heavy atom. The predicted octanol–water partition coefficient (Wildman–Crippen LogP) is 2.83. The van der Waals surface area contributed by atoms with Crippen molar-refractivity contribution < 1.29 is 9.59 Å². The van der Waals surface area contributed by atoms with Crippen LogP contribution in [0, 0.1) is 5.92 Å². The lowest BCUT2D eigenvalue weighted by Gasteiger charge is -2.25. The number of hydrogen-bond donors (Lipinski definition) is 3. The number of piperidine rings is 1. The van der Waals surface area contributed by atoms with E-state index in [1.807, 2.05) is 24.3 Å². The molecule has 0 aromatic heterocycles. The molecule has 1 unspecified atom stereocenters. The summed E-state index contributed by atoms with van der Waals surface area (Å²) >= 11 is 0. The van der Waals surface area contributed by atoms with Crippen LogP contribution >= 0.6 is 0 Å². The van der Waals surface area contributed by atoms with Crippen molar-refractivity contribution in [2.24, 2.45) is 5.92 Å². The van der Waals surface area contributed by atoms with E-state index in [9.17, 15) is 9.59 Å². The summed E-state index contributed by atoms with van der Waals surface area (Å²) in [6, 6.07) is 7.40. The van der Waals surface area contributed by atoms with Gasteiger partial charge in [-0.1, -0.05) is 12.5 Å². The summed E-state index contributed by atoms with van der Waals surface area (Å²) in [5.41, 5.74) is 1.47. The summed E-state index contributed by atoms with van der Waals surface area (Å²) in [6.45, 7) is 5.10. The molecule has 2 aliphatic heterocycles. The SMILES string of the molecule is O=C(CCC1CCNC1)Nc1cccc(NC(=O)CCN2CCCCC2)c1. The number of amides is 2. The molecule has 2 aliphatic rings. The largest absolute Gasteiger partial charge is 0.326 e. The van der Waals surface area contributed by atoms with Gasteiger partial charge in [0.15, 0.2) is 0 Å². The lowest BCUT2D eigenvalue weighted by Crippen LogP contribution is -2.32. The first kappa shape index (κ1) is 19.8. The molecule has 1 aromatic carbocycles. The van der Waals surface area contributed by atoms with E-state index in [-0.39, 0.29) is 11.8 Å². The van der Waals surface area contributed by atoms with Crippen LogP contribution in [0.2, 0.25) is 0 Å². The molecule has 0 radical (unpaired) electrons. The number of hydrogen-bond acceptors (Lipinski definition) is 4. The summed E-state index contributed by atoms with van der Waals surface area (Å²) in [4.78, 5) is 26.7. The maximum absolute atomic E-state index is 12.2. The van der Waals surface area contributed by atoms with Crippen LogP contribution in [0.3, 0.4) is 0 Å². The molecule has 0 saturated carbocycles. The second-order valence-corrected chi connectivity index (χ2v) is 7.73. The topological polar surface area (TPSA) is 73.5 Å². The first-order chi connectivity index (χ1) is 13.2. The quantitative estimate of drug-likeness (QED) is 0.656. The molecule has 27 heavy (non-hydrogen) atoms. The van der Waals surface area contributed by atoms with Gasteiger partial charge in [-0.25, -0.2) is 0 Å². The van der Waals surface area contributed by atoms with Crippen molar-refractivity contribution in [2.45, 2.75) is 44.9 Å². The van der Waals surface area contributed by atoms with Crippen LogP contribution in [0.1, 0.15) is 44.9 Å². The molecule has 6 heteroatoms. The molecule has 6 nitrogen and oxygen atoms in total. The van der Waals surface area contributed by atoms with Gasteiger partial charge in [-0.05, 0) is 76.0 Å². The molecule has 0 spiro atoms. The Kier molecular flexibility index (Phi) is 7.66. The van der Waals surface area contributed by atoms with Crippen molar-refractivity contribution in [2.75, 3.05) is 43.4 Å². The minimum Gasteiger partial charge on any atom is -0.326 e. The van der Waals surface area contributed by atoms with Crippen LogP contribution in [0.4, 0.5) is 11.4 Å². The molecular weight excluding hydrogens is 340 g/mol. The average molecular weight is 373 g/mol. The van der Waals surface area contributed by atoms with Gasteiger partial charge in [0.1, 0.15) is 0 Å². The zero-order valence-electron chi connectivity index (χ0n) is 16.1. The highest BCUT2D eigenvalue weighted by atomic mass is 16.2. The van der Waals surface area contributed by atoms with Gasteiger partial charge in [0.05, 0.1) is 0 Å². The van der Waals surface area contributed by atoms with Crippen molar-refractivity contribution in [3.8, 4) is 0 Å². The Balaban J connectivity index is 1.40. The fourth-order valence-electron chi connectivity index (χ4n) is 3.86. The molecule has 3 N–H and O–H groups in total. The number of rotatable bonds is 8. The molecule has 1 aromatic rings. The summed E-state index contributed by atoms with van der Waals surface area (Å²) < 4.78 is 0. The Morgan fingerprint density at radius 3 is 2.41 bits per heavy atom. The zero-order valence-corrected chi connectivity index (χ0v) is 16.1. The van der Waals surface area contributed by atoms with Crippen LogP contribution in [-0.2, 0) is 9.59 Å². The van der Waals surface area contributed by atoms with E-state index in [1.54, 1.807) is 0 Å². The van der Waals surface area contributed by atoms with Gasteiger partial charge in [0, 0.05) is 30.8 Å². The highest BCUT2D eigenvalue weighted by Crippen LogP contribution is 2.18. The summed E-state index contributed by atoms with van der Waals surface area (Å²) in [5, 5.41) is 9.22. The van der Waals surface area contributed by atoms with E-state index in [4.69, 9.17) is 0 Å². The Labute approximate surface area is 162 Å². The third-order valence-corrected chi connectivity index (χ3v) is 5.48. The molecule has 2 amide bonds. The van der Waals surface area contributed by atoms with Crippen molar-refractivity contribution >= 4 is 23.2 Å². The van der Waals surface area contributed by atoms with Gasteiger partial charge in [-0.15, -0.1) is 0 Å². The molecule has 2 heterocycles. The summed E-state index contributed by atoms with van der Waals surface area (Å²) in [6.07, 6.45) is 6.91. The average Bonchev–Trinajstić information content (AvgIpc) is 3.20. The van der Waals surface area contributed by atoms with Crippen LogP contribution in [0.5, 0.6) is 0 Å². The Bertz CT molecular complexity index is 622. The molecule has 3 rings (SSSR count). The number of benzene rings is 1. The van der Waals surface area contributed by atoms with E-state index < -0.39 is 0 Å². The third kappa shape index (κ3) is 6.96. The minimum atomic E-state index is 0.0257.